The Morgan fingerprint density at radius 2 is 1.91 bits per heavy atom. The minimum atomic E-state index is 0. The van der Waals surface area contributed by atoms with Gasteiger partial charge in [-0.2, -0.15) is 0 Å². The topological polar surface area (TPSA) is 15.8 Å². The summed E-state index contributed by atoms with van der Waals surface area (Å²) in [6, 6.07) is 8.31. The summed E-state index contributed by atoms with van der Waals surface area (Å²) >= 11 is 0. The Morgan fingerprint density at radius 3 is 2.64 bits per heavy atom. The van der Waals surface area contributed by atoms with Crippen molar-refractivity contribution in [2.24, 2.45) is 0 Å². The minimum absolute atomic E-state index is 0. The van der Waals surface area contributed by atoms with Crippen LogP contribution in [0.2, 0.25) is 0 Å². The molecule has 0 aliphatic carbocycles. The van der Waals surface area contributed by atoms with Gasteiger partial charge in [-0.15, -0.1) is 0 Å². The van der Waals surface area contributed by atoms with E-state index in [-0.39, 0.29) is 27.3 Å². The summed E-state index contributed by atoms with van der Waals surface area (Å²) in [7, 11) is 0. The normalized spacial score (nSPS) is 9.55. The molecule has 1 N–H and O–H groups in total. The van der Waals surface area contributed by atoms with E-state index < -0.39 is 0 Å². The zero-order valence-electron chi connectivity index (χ0n) is 6.39. The SMILES string of the molecule is Cc1c[nH]c2ccccc12.[Pb]. The molecule has 11 heavy (non-hydrogen) atoms. The molecule has 1 nitrogen and oxygen atoms in total. The first-order valence-electron chi connectivity index (χ1n) is 3.40. The van der Waals surface area contributed by atoms with Crippen molar-refractivity contribution < 1.29 is 0 Å². The van der Waals surface area contributed by atoms with E-state index in [1.807, 2.05) is 12.3 Å². The largest absolute Gasteiger partial charge is 0.361 e. The van der Waals surface area contributed by atoms with Crippen molar-refractivity contribution in [2.75, 3.05) is 0 Å². The number of H-pyrrole nitrogens is 1. The Balaban J connectivity index is 0.000000605. The summed E-state index contributed by atoms with van der Waals surface area (Å²) in [4.78, 5) is 3.19. The molecule has 54 valence electrons. The molecule has 2 heteroatoms. The molecular formula is C9H9NPb. The van der Waals surface area contributed by atoms with Crippen molar-refractivity contribution in [3.63, 3.8) is 0 Å². The Kier molecular flexibility index (Phi) is 2.70. The summed E-state index contributed by atoms with van der Waals surface area (Å²) in [5, 5.41) is 1.32. The third-order valence-corrected chi connectivity index (χ3v) is 1.80. The Morgan fingerprint density at radius 1 is 1.18 bits per heavy atom. The number of benzene rings is 1. The van der Waals surface area contributed by atoms with Crippen molar-refractivity contribution in [3.8, 4) is 0 Å². The van der Waals surface area contributed by atoms with Gasteiger partial charge in [0.15, 0.2) is 0 Å². The summed E-state index contributed by atoms with van der Waals surface area (Å²) in [6.07, 6.45) is 2.03. The van der Waals surface area contributed by atoms with Crippen molar-refractivity contribution in [1.29, 1.82) is 0 Å². The van der Waals surface area contributed by atoms with Gasteiger partial charge >= 0.3 is 0 Å². The van der Waals surface area contributed by atoms with Crippen molar-refractivity contribution in [3.05, 3.63) is 36.0 Å². The molecule has 0 saturated heterocycles. The second-order valence-corrected chi connectivity index (χ2v) is 2.52. The van der Waals surface area contributed by atoms with E-state index in [1.165, 1.54) is 16.5 Å². The first-order chi connectivity index (χ1) is 4.88. The average Bonchev–Trinajstić information content (AvgIpc) is 2.34. The molecule has 1 heterocycles. The van der Waals surface area contributed by atoms with E-state index in [0.29, 0.717) is 0 Å². The molecule has 0 amide bonds. The van der Waals surface area contributed by atoms with Crippen LogP contribution < -0.4 is 0 Å². The van der Waals surface area contributed by atoms with Gasteiger partial charge in [0.1, 0.15) is 0 Å². The summed E-state index contributed by atoms with van der Waals surface area (Å²) in [5.74, 6) is 0. The maximum atomic E-state index is 3.19. The molecule has 2 aromatic rings. The van der Waals surface area contributed by atoms with Gasteiger partial charge < -0.3 is 4.98 Å². The van der Waals surface area contributed by atoms with Gasteiger partial charge in [-0.1, -0.05) is 18.2 Å². The van der Waals surface area contributed by atoms with Gasteiger partial charge in [0, 0.05) is 44.4 Å². The molecule has 2 rings (SSSR count). The summed E-state index contributed by atoms with van der Waals surface area (Å²) in [5.41, 5.74) is 2.54. The average molecular weight is 338 g/mol. The Hall–Kier alpha value is -0.318. The molecule has 0 fully saturated rings. The number of fused-ring (bicyclic) bond motifs is 1. The maximum absolute atomic E-state index is 3.19. The van der Waals surface area contributed by atoms with E-state index in [4.69, 9.17) is 0 Å². The fourth-order valence-corrected chi connectivity index (χ4v) is 1.22. The fourth-order valence-electron chi connectivity index (χ4n) is 1.22. The van der Waals surface area contributed by atoms with E-state index in [0.717, 1.165) is 0 Å². The molecule has 0 atom stereocenters. The second-order valence-electron chi connectivity index (χ2n) is 2.52. The maximum Gasteiger partial charge on any atom is 0.0456 e. The number of aromatic amines is 1. The first kappa shape index (κ1) is 8.78. The molecule has 0 unspecified atom stereocenters. The summed E-state index contributed by atoms with van der Waals surface area (Å²) < 4.78 is 0. The number of hydrogen-bond acceptors (Lipinski definition) is 0. The molecule has 0 spiro atoms. The van der Waals surface area contributed by atoms with Crippen LogP contribution in [0.25, 0.3) is 10.9 Å². The zero-order valence-corrected chi connectivity index (χ0v) is 10.3. The van der Waals surface area contributed by atoms with Crippen LogP contribution in [0.3, 0.4) is 0 Å². The molecule has 0 saturated carbocycles. The van der Waals surface area contributed by atoms with Crippen LogP contribution in [0.5, 0.6) is 0 Å². The smallest absolute Gasteiger partial charge is 0.0456 e. The molecule has 0 aliphatic rings. The standard InChI is InChI=1S/C9H9N.Pb/c1-7-6-10-9-5-3-2-4-8(7)9;/h2-6,10H,1H3;. The quantitative estimate of drug-likeness (QED) is 0.708. The number of aryl methyl sites for hydroxylation is 1. The minimum Gasteiger partial charge on any atom is -0.361 e. The number of hydrogen-bond donors (Lipinski definition) is 1. The van der Waals surface area contributed by atoms with Crippen LogP contribution in [-0.4, -0.2) is 32.3 Å². The summed E-state index contributed by atoms with van der Waals surface area (Å²) in [6.45, 7) is 2.11. The Labute approximate surface area is 86.0 Å². The number of aromatic nitrogens is 1. The number of nitrogens with one attached hydrogen (secondary N) is 1. The second kappa shape index (κ2) is 3.39. The van der Waals surface area contributed by atoms with Gasteiger partial charge in [0.2, 0.25) is 0 Å². The van der Waals surface area contributed by atoms with E-state index in [2.05, 4.69) is 30.1 Å². The zero-order chi connectivity index (χ0) is 6.97. The predicted octanol–water partition coefficient (Wildman–Crippen LogP) is 2.10. The predicted molar refractivity (Wildman–Crippen MR) is 48.8 cm³/mol. The molecule has 1 aromatic carbocycles. The van der Waals surface area contributed by atoms with Crippen LogP contribution in [0.1, 0.15) is 5.56 Å². The monoisotopic (exact) mass is 339 g/mol. The van der Waals surface area contributed by atoms with Gasteiger partial charge in [0.05, 0.1) is 0 Å². The van der Waals surface area contributed by atoms with Crippen LogP contribution in [0.4, 0.5) is 0 Å². The van der Waals surface area contributed by atoms with Gasteiger partial charge in [-0.05, 0) is 18.6 Å². The van der Waals surface area contributed by atoms with Crippen LogP contribution in [-0.2, 0) is 0 Å². The van der Waals surface area contributed by atoms with Crippen LogP contribution in [0.15, 0.2) is 30.5 Å². The van der Waals surface area contributed by atoms with Gasteiger partial charge in [-0.25, -0.2) is 0 Å². The fraction of sp³-hybridized carbons (Fsp3) is 0.111. The van der Waals surface area contributed by atoms with Crippen LogP contribution in [0, 0.1) is 6.92 Å². The molecule has 1 aromatic heterocycles. The van der Waals surface area contributed by atoms with Crippen LogP contribution >= 0.6 is 0 Å². The number of para-hydroxylation sites is 1. The molecule has 0 aliphatic heterocycles. The van der Waals surface area contributed by atoms with Gasteiger partial charge in [-0.3, -0.25) is 0 Å². The number of rotatable bonds is 0. The molecule has 0 bridgehead atoms. The van der Waals surface area contributed by atoms with Crippen molar-refractivity contribution in [1.82, 2.24) is 4.98 Å². The molecular weight excluding hydrogens is 329 g/mol. The van der Waals surface area contributed by atoms with E-state index >= 15 is 0 Å². The van der Waals surface area contributed by atoms with E-state index in [9.17, 15) is 0 Å². The van der Waals surface area contributed by atoms with Gasteiger partial charge in [0.25, 0.3) is 0 Å². The van der Waals surface area contributed by atoms with Crippen molar-refractivity contribution >= 4 is 38.2 Å². The molecule has 4 radical (unpaired) electrons. The Bertz CT molecular complexity index is 351. The third kappa shape index (κ3) is 1.47. The first-order valence-corrected chi connectivity index (χ1v) is 3.40. The van der Waals surface area contributed by atoms with Crippen molar-refractivity contribution in [2.45, 2.75) is 6.92 Å². The van der Waals surface area contributed by atoms with E-state index in [1.54, 1.807) is 0 Å². The third-order valence-electron chi connectivity index (χ3n) is 1.80.